The summed E-state index contributed by atoms with van der Waals surface area (Å²) in [7, 11) is 0. The molecule has 4 rings (SSSR count). The monoisotopic (exact) mass is 447 g/mol. The number of carbonyl (C=O) groups is 2. The van der Waals surface area contributed by atoms with Crippen LogP contribution in [0.1, 0.15) is 11.1 Å². The smallest absolute Gasteiger partial charge is 0.266 e. The summed E-state index contributed by atoms with van der Waals surface area (Å²) in [5.41, 5.74) is 3.27. The number of thioether (sulfide) groups is 1. The Hall–Kier alpha value is -3.16. The second kappa shape index (κ2) is 9.76. The van der Waals surface area contributed by atoms with Crippen molar-refractivity contribution in [2.45, 2.75) is 6.42 Å². The van der Waals surface area contributed by atoms with Crippen LogP contribution in [0.4, 0.5) is 0 Å². The average molecular weight is 448 g/mol. The summed E-state index contributed by atoms with van der Waals surface area (Å²) in [4.78, 5) is 30.1. The van der Waals surface area contributed by atoms with Crippen LogP contribution in [0.15, 0.2) is 77.9 Å². The lowest BCUT2D eigenvalue weighted by molar-refractivity contribution is -0.128. The van der Waals surface area contributed by atoms with Crippen molar-refractivity contribution in [2.24, 2.45) is 0 Å². The maximum Gasteiger partial charge on any atom is 0.266 e. The van der Waals surface area contributed by atoms with Crippen molar-refractivity contribution in [3.63, 3.8) is 0 Å². The van der Waals surface area contributed by atoms with Crippen LogP contribution in [-0.4, -0.2) is 39.1 Å². The SMILES string of the molecule is O=C(CN1C(=O)/C(=C/C=C/c2ccccc2)SC1=S)NCCc1c[nH]c2ccccc12. The molecule has 1 aliphatic heterocycles. The van der Waals surface area contributed by atoms with Crippen molar-refractivity contribution in [2.75, 3.05) is 13.1 Å². The minimum atomic E-state index is -0.237. The number of nitrogens with zero attached hydrogens (tertiary/aromatic N) is 1. The highest BCUT2D eigenvalue weighted by molar-refractivity contribution is 8.26. The van der Waals surface area contributed by atoms with E-state index in [1.807, 2.05) is 66.9 Å². The van der Waals surface area contributed by atoms with Gasteiger partial charge in [0.1, 0.15) is 10.9 Å². The average Bonchev–Trinajstić information content (AvgIpc) is 3.31. The van der Waals surface area contributed by atoms with Gasteiger partial charge in [0.15, 0.2) is 0 Å². The van der Waals surface area contributed by atoms with Crippen LogP contribution in [0.25, 0.3) is 17.0 Å². The number of aromatic amines is 1. The Bertz CT molecular complexity index is 1180. The van der Waals surface area contributed by atoms with Crippen LogP contribution in [0.5, 0.6) is 0 Å². The number of aromatic nitrogens is 1. The second-order valence-electron chi connectivity index (χ2n) is 7.02. The van der Waals surface area contributed by atoms with E-state index in [0.717, 1.165) is 22.0 Å². The summed E-state index contributed by atoms with van der Waals surface area (Å²) in [6.45, 7) is 0.420. The number of allylic oxidation sites excluding steroid dienone is 2. The van der Waals surface area contributed by atoms with Crippen LogP contribution in [0.3, 0.4) is 0 Å². The molecule has 2 aromatic carbocycles. The molecule has 0 radical (unpaired) electrons. The Labute approximate surface area is 190 Å². The van der Waals surface area contributed by atoms with Gasteiger partial charge in [-0.3, -0.25) is 14.5 Å². The molecule has 0 unspecified atom stereocenters. The summed E-state index contributed by atoms with van der Waals surface area (Å²) in [6.07, 6.45) is 8.15. The maximum absolute atomic E-state index is 12.6. The second-order valence-corrected chi connectivity index (χ2v) is 8.70. The molecule has 5 nitrogen and oxygen atoms in total. The van der Waals surface area contributed by atoms with Gasteiger partial charge in [-0.25, -0.2) is 0 Å². The quantitative estimate of drug-likeness (QED) is 0.419. The van der Waals surface area contributed by atoms with E-state index in [4.69, 9.17) is 12.2 Å². The third kappa shape index (κ3) is 5.13. The van der Waals surface area contributed by atoms with E-state index in [0.29, 0.717) is 22.2 Å². The molecule has 1 aromatic heterocycles. The molecule has 1 fully saturated rings. The van der Waals surface area contributed by atoms with E-state index < -0.39 is 0 Å². The van der Waals surface area contributed by atoms with Crippen molar-refractivity contribution >= 4 is 57.1 Å². The van der Waals surface area contributed by atoms with E-state index >= 15 is 0 Å². The molecule has 2 N–H and O–H groups in total. The molecule has 2 heterocycles. The van der Waals surface area contributed by atoms with Gasteiger partial charge in [-0.2, -0.15) is 0 Å². The summed E-state index contributed by atoms with van der Waals surface area (Å²) < 4.78 is 0.399. The van der Waals surface area contributed by atoms with Gasteiger partial charge in [0.05, 0.1) is 4.91 Å². The van der Waals surface area contributed by atoms with Crippen LogP contribution in [0.2, 0.25) is 0 Å². The first kappa shape index (κ1) is 21.1. The van der Waals surface area contributed by atoms with Gasteiger partial charge < -0.3 is 10.3 Å². The van der Waals surface area contributed by atoms with Gasteiger partial charge >= 0.3 is 0 Å². The molecule has 1 saturated heterocycles. The molecule has 0 bridgehead atoms. The fourth-order valence-electron chi connectivity index (χ4n) is 3.34. The van der Waals surface area contributed by atoms with E-state index in [2.05, 4.69) is 16.4 Å². The molecule has 0 aliphatic carbocycles. The molecule has 0 spiro atoms. The number of benzene rings is 2. The minimum Gasteiger partial charge on any atom is -0.361 e. The number of fused-ring (bicyclic) bond motifs is 1. The fraction of sp³-hybridized carbons (Fsp3) is 0.125. The standard InChI is InChI=1S/C24H21N3O2S2/c28-22(25-14-13-18-15-26-20-11-5-4-10-19(18)20)16-27-23(29)21(31-24(27)30)12-6-9-17-7-2-1-3-8-17/h1-12,15,26H,13-14,16H2,(H,25,28)/b9-6+,21-12-. The van der Waals surface area contributed by atoms with Crippen molar-refractivity contribution in [3.05, 3.63) is 89.0 Å². The number of hydrogen-bond donors (Lipinski definition) is 2. The van der Waals surface area contributed by atoms with Crippen molar-refractivity contribution in [1.82, 2.24) is 15.2 Å². The van der Waals surface area contributed by atoms with Crippen LogP contribution in [-0.2, 0) is 16.0 Å². The summed E-state index contributed by atoms with van der Waals surface area (Å²) >= 11 is 6.52. The first-order chi connectivity index (χ1) is 15.1. The van der Waals surface area contributed by atoms with Gasteiger partial charge in [0.2, 0.25) is 5.91 Å². The van der Waals surface area contributed by atoms with Crippen LogP contribution < -0.4 is 5.32 Å². The lowest BCUT2D eigenvalue weighted by atomic mass is 10.1. The van der Waals surface area contributed by atoms with Crippen LogP contribution in [0, 0.1) is 0 Å². The predicted molar refractivity (Wildman–Crippen MR) is 130 cm³/mol. The lowest BCUT2D eigenvalue weighted by Gasteiger charge is -2.14. The summed E-state index contributed by atoms with van der Waals surface area (Å²) in [5, 5.41) is 4.04. The van der Waals surface area contributed by atoms with E-state index in [1.165, 1.54) is 16.7 Å². The maximum atomic E-state index is 12.6. The zero-order chi connectivity index (χ0) is 21.6. The first-order valence-electron chi connectivity index (χ1n) is 9.90. The number of para-hydroxylation sites is 1. The third-order valence-corrected chi connectivity index (χ3v) is 6.30. The zero-order valence-corrected chi connectivity index (χ0v) is 18.3. The van der Waals surface area contributed by atoms with Crippen molar-refractivity contribution < 1.29 is 9.59 Å². The number of nitrogens with one attached hydrogen (secondary N) is 2. The highest BCUT2D eigenvalue weighted by Crippen LogP contribution is 2.30. The Morgan fingerprint density at radius 3 is 2.74 bits per heavy atom. The van der Waals surface area contributed by atoms with E-state index in [1.54, 1.807) is 6.08 Å². The minimum absolute atomic E-state index is 0.0711. The molecule has 0 atom stereocenters. The van der Waals surface area contributed by atoms with Gasteiger partial charge in [-0.05, 0) is 29.7 Å². The number of thiocarbonyl (C=S) groups is 1. The Morgan fingerprint density at radius 1 is 1.13 bits per heavy atom. The van der Waals surface area contributed by atoms with Gasteiger partial charge in [0.25, 0.3) is 5.91 Å². The number of H-pyrrole nitrogens is 1. The van der Waals surface area contributed by atoms with Gasteiger partial charge in [-0.1, -0.05) is 84.7 Å². The van der Waals surface area contributed by atoms with E-state index in [-0.39, 0.29) is 18.4 Å². The number of carbonyl (C=O) groups excluding carboxylic acids is 2. The Kier molecular flexibility index (Phi) is 6.64. The molecule has 156 valence electrons. The van der Waals surface area contributed by atoms with E-state index in [9.17, 15) is 9.59 Å². The third-order valence-electron chi connectivity index (χ3n) is 4.90. The van der Waals surface area contributed by atoms with Gasteiger partial charge in [-0.15, -0.1) is 0 Å². The normalized spacial score (nSPS) is 15.5. The highest BCUT2D eigenvalue weighted by Gasteiger charge is 2.32. The van der Waals surface area contributed by atoms with Gasteiger partial charge in [0, 0.05) is 23.6 Å². The Morgan fingerprint density at radius 2 is 1.90 bits per heavy atom. The fourth-order valence-corrected chi connectivity index (χ4v) is 4.54. The molecular weight excluding hydrogens is 426 g/mol. The summed E-state index contributed by atoms with van der Waals surface area (Å²) in [5.74, 6) is -0.461. The topological polar surface area (TPSA) is 65.2 Å². The highest BCUT2D eigenvalue weighted by atomic mass is 32.2. The molecule has 1 aliphatic rings. The van der Waals surface area contributed by atoms with Crippen molar-refractivity contribution in [3.8, 4) is 0 Å². The number of rotatable bonds is 7. The zero-order valence-electron chi connectivity index (χ0n) is 16.7. The number of amides is 2. The molecule has 3 aromatic rings. The molecular formula is C24H21N3O2S2. The lowest BCUT2D eigenvalue weighted by Crippen LogP contribution is -2.40. The predicted octanol–water partition coefficient (Wildman–Crippen LogP) is 4.28. The van der Waals surface area contributed by atoms with Crippen molar-refractivity contribution in [1.29, 1.82) is 0 Å². The van der Waals surface area contributed by atoms with Crippen LogP contribution >= 0.6 is 24.0 Å². The summed E-state index contributed by atoms with van der Waals surface area (Å²) in [6, 6.07) is 17.9. The largest absolute Gasteiger partial charge is 0.361 e. The molecule has 0 saturated carbocycles. The first-order valence-corrected chi connectivity index (χ1v) is 11.1. The molecule has 7 heteroatoms. The molecule has 31 heavy (non-hydrogen) atoms. The Balaban J connectivity index is 1.29. The molecule has 2 amide bonds. The number of hydrogen-bond acceptors (Lipinski definition) is 4.